The number of nitrogens with zero attached hydrogens (tertiary/aromatic N) is 3. The lowest BCUT2D eigenvalue weighted by Crippen LogP contribution is -2.18. The summed E-state index contributed by atoms with van der Waals surface area (Å²) in [6.45, 7) is 1.95. The molecule has 3 N–H and O–H groups in total. The van der Waals surface area contributed by atoms with Crippen molar-refractivity contribution in [2.75, 3.05) is 5.32 Å². The van der Waals surface area contributed by atoms with Gasteiger partial charge >= 0.3 is 0 Å². The summed E-state index contributed by atoms with van der Waals surface area (Å²) in [6, 6.07) is 13.3. The molecule has 0 saturated carbocycles. The first-order valence-corrected chi connectivity index (χ1v) is 11.8. The van der Waals surface area contributed by atoms with Gasteiger partial charge in [-0.2, -0.15) is 5.10 Å². The maximum Gasteiger partial charge on any atom is 0.240 e. The van der Waals surface area contributed by atoms with Gasteiger partial charge in [0.25, 0.3) is 0 Å². The molecular formula is C23H20ClN5O3S. The fourth-order valence-corrected chi connectivity index (χ4v) is 4.34. The van der Waals surface area contributed by atoms with Crippen LogP contribution < -0.4 is 10.5 Å². The van der Waals surface area contributed by atoms with Crippen molar-refractivity contribution in [3.63, 3.8) is 0 Å². The molecule has 10 heteroatoms. The first-order chi connectivity index (χ1) is 15.7. The van der Waals surface area contributed by atoms with Gasteiger partial charge < -0.3 is 5.32 Å². The fraction of sp³-hybridized carbons (Fsp3) is 0.0870. The Balaban J connectivity index is 1.64. The number of hydrogen-bond donors (Lipinski definition) is 2. The summed E-state index contributed by atoms with van der Waals surface area (Å²) in [5, 5.41) is 12.9. The van der Waals surface area contributed by atoms with Gasteiger partial charge in [-0.05, 0) is 48.4 Å². The minimum Gasteiger partial charge on any atom is -0.326 e. The molecule has 0 spiro atoms. The number of rotatable bonds is 6. The standard InChI is InChI=1S/C23H20ClN5O3S/c1-15-8-9-26-13-19(15)17-12-27-29(14-17)21-7-6-18(11-22(21)33(25,31)32)28-23(30)10-16-4-2-3-5-20(16)24/h2-9,11-14H,10H2,1H3,(H,28,30)(H2,25,31,32). The maximum atomic E-state index is 12.5. The number of halogens is 1. The summed E-state index contributed by atoms with van der Waals surface area (Å²) in [6.07, 6.45) is 6.77. The number of amides is 1. The quantitative estimate of drug-likeness (QED) is 0.434. The Morgan fingerprint density at radius 2 is 1.94 bits per heavy atom. The van der Waals surface area contributed by atoms with Gasteiger partial charge in [-0.15, -0.1) is 0 Å². The van der Waals surface area contributed by atoms with E-state index in [2.05, 4.69) is 15.4 Å². The largest absolute Gasteiger partial charge is 0.326 e. The van der Waals surface area contributed by atoms with Gasteiger partial charge in [0.15, 0.2) is 0 Å². The summed E-state index contributed by atoms with van der Waals surface area (Å²) < 4.78 is 26.1. The van der Waals surface area contributed by atoms with Gasteiger partial charge in [-0.3, -0.25) is 9.78 Å². The van der Waals surface area contributed by atoms with E-state index in [-0.39, 0.29) is 28.6 Å². The van der Waals surface area contributed by atoms with E-state index >= 15 is 0 Å². The molecule has 0 aliphatic rings. The van der Waals surface area contributed by atoms with Crippen LogP contribution in [-0.2, 0) is 21.2 Å². The minimum absolute atomic E-state index is 0.0408. The van der Waals surface area contributed by atoms with Crippen LogP contribution in [0.15, 0.2) is 78.2 Å². The summed E-state index contributed by atoms with van der Waals surface area (Å²) in [5.41, 5.74) is 3.87. The van der Waals surface area contributed by atoms with E-state index in [1.54, 1.807) is 55.1 Å². The number of pyridine rings is 1. The zero-order chi connectivity index (χ0) is 23.6. The molecule has 8 nitrogen and oxygen atoms in total. The Morgan fingerprint density at radius 3 is 2.67 bits per heavy atom. The van der Waals surface area contributed by atoms with Crippen molar-refractivity contribution < 1.29 is 13.2 Å². The van der Waals surface area contributed by atoms with Crippen molar-refractivity contribution in [2.24, 2.45) is 5.14 Å². The van der Waals surface area contributed by atoms with Crippen molar-refractivity contribution in [3.8, 4) is 16.8 Å². The number of anilines is 1. The van der Waals surface area contributed by atoms with E-state index in [1.165, 1.54) is 16.8 Å². The van der Waals surface area contributed by atoms with Crippen molar-refractivity contribution >= 4 is 33.2 Å². The zero-order valence-electron chi connectivity index (χ0n) is 17.6. The van der Waals surface area contributed by atoms with Crippen LogP contribution in [0.5, 0.6) is 0 Å². The number of hydrogen-bond acceptors (Lipinski definition) is 5. The molecule has 4 aromatic rings. The molecule has 0 aliphatic heterocycles. The molecule has 0 bridgehead atoms. The molecule has 2 aromatic carbocycles. The Hall–Kier alpha value is -3.53. The van der Waals surface area contributed by atoms with Gasteiger partial charge in [0.1, 0.15) is 4.90 Å². The second kappa shape index (κ2) is 9.14. The predicted molar refractivity (Wildman–Crippen MR) is 127 cm³/mol. The van der Waals surface area contributed by atoms with Gasteiger partial charge in [-0.25, -0.2) is 18.2 Å². The van der Waals surface area contributed by atoms with Crippen LogP contribution in [-0.4, -0.2) is 29.1 Å². The highest BCUT2D eigenvalue weighted by Gasteiger charge is 2.19. The topological polar surface area (TPSA) is 120 Å². The number of nitrogens with two attached hydrogens (primary N) is 1. The lowest BCUT2D eigenvalue weighted by molar-refractivity contribution is -0.115. The molecule has 0 fully saturated rings. The molecule has 0 unspecified atom stereocenters. The highest BCUT2D eigenvalue weighted by molar-refractivity contribution is 7.89. The van der Waals surface area contributed by atoms with Crippen LogP contribution in [0.1, 0.15) is 11.1 Å². The second-order valence-corrected chi connectivity index (χ2v) is 9.35. The minimum atomic E-state index is -4.11. The Kier molecular flexibility index (Phi) is 6.28. The van der Waals surface area contributed by atoms with E-state index in [9.17, 15) is 13.2 Å². The molecule has 0 saturated heterocycles. The highest BCUT2D eigenvalue weighted by Crippen LogP contribution is 2.27. The van der Waals surface area contributed by atoms with Gasteiger partial charge in [-0.1, -0.05) is 29.8 Å². The Labute approximate surface area is 196 Å². The molecule has 33 heavy (non-hydrogen) atoms. The summed E-state index contributed by atoms with van der Waals surface area (Å²) in [7, 11) is -4.11. The van der Waals surface area contributed by atoms with E-state index in [0.29, 0.717) is 10.6 Å². The van der Waals surface area contributed by atoms with Crippen LogP contribution in [0.4, 0.5) is 5.69 Å². The smallest absolute Gasteiger partial charge is 0.240 e. The highest BCUT2D eigenvalue weighted by atomic mass is 35.5. The number of carbonyl (C=O) groups excluding carboxylic acids is 1. The monoisotopic (exact) mass is 481 g/mol. The number of primary sulfonamides is 1. The number of carbonyl (C=O) groups is 1. The maximum absolute atomic E-state index is 12.5. The zero-order valence-corrected chi connectivity index (χ0v) is 19.1. The van der Waals surface area contributed by atoms with E-state index in [4.69, 9.17) is 16.7 Å². The molecule has 0 atom stereocenters. The number of benzene rings is 2. The molecule has 2 heterocycles. The third-order valence-electron chi connectivity index (χ3n) is 5.04. The Bertz CT molecular complexity index is 1450. The number of sulfonamides is 1. The van der Waals surface area contributed by atoms with Crippen LogP contribution in [0, 0.1) is 6.92 Å². The first-order valence-electron chi connectivity index (χ1n) is 9.88. The summed E-state index contributed by atoms with van der Waals surface area (Å²) >= 11 is 6.11. The molecule has 1 amide bonds. The number of aromatic nitrogens is 3. The third-order valence-corrected chi connectivity index (χ3v) is 6.35. The van der Waals surface area contributed by atoms with Gasteiger partial charge in [0.05, 0.1) is 18.3 Å². The fourth-order valence-electron chi connectivity index (χ4n) is 3.39. The second-order valence-electron chi connectivity index (χ2n) is 7.41. The average molecular weight is 482 g/mol. The molecule has 0 radical (unpaired) electrons. The van der Waals surface area contributed by atoms with Gasteiger partial charge in [0, 0.05) is 40.4 Å². The third kappa shape index (κ3) is 5.11. The van der Waals surface area contributed by atoms with E-state index < -0.39 is 10.0 Å². The SMILES string of the molecule is Cc1ccncc1-c1cnn(-c2ccc(NC(=O)Cc3ccccc3Cl)cc2S(N)(=O)=O)c1. The Morgan fingerprint density at radius 1 is 1.15 bits per heavy atom. The molecule has 168 valence electrons. The van der Waals surface area contributed by atoms with Crippen LogP contribution >= 0.6 is 11.6 Å². The van der Waals surface area contributed by atoms with Crippen LogP contribution in [0.2, 0.25) is 5.02 Å². The van der Waals surface area contributed by atoms with Crippen molar-refractivity contribution in [1.29, 1.82) is 0 Å². The normalized spacial score (nSPS) is 11.4. The lowest BCUT2D eigenvalue weighted by atomic mass is 10.1. The van der Waals surface area contributed by atoms with Crippen molar-refractivity contribution in [3.05, 3.63) is 89.5 Å². The van der Waals surface area contributed by atoms with Crippen molar-refractivity contribution in [1.82, 2.24) is 14.8 Å². The van der Waals surface area contributed by atoms with E-state index in [0.717, 1.165) is 16.7 Å². The summed E-state index contributed by atoms with van der Waals surface area (Å²) in [5.74, 6) is -0.343. The molecule has 0 aliphatic carbocycles. The average Bonchev–Trinajstić information content (AvgIpc) is 3.25. The van der Waals surface area contributed by atoms with E-state index in [1.807, 2.05) is 13.0 Å². The number of aryl methyl sites for hydroxylation is 1. The molecular weight excluding hydrogens is 462 g/mol. The van der Waals surface area contributed by atoms with Crippen LogP contribution in [0.25, 0.3) is 16.8 Å². The lowest BCUT2D eigenvalue weighted by Gasteiger charge is -2.12. The molecule has 2 aromatic heterocycles. The van der Waals surface area contributed by atoms with Gasteiger partial charge in [0.2, 0.25) is 15.9 Å². The molecule has 4 rings (SSSR count). The predicted octanol–water partition coefficient (Wildman–Crippen LogP) is 3.72. The first kappa shape index (κ1) is 22.7. The van der Waals surface area contributed by atoms with Crippen molar-refractivity contribution in [2.45, 2.75) is 18.2 Å². The number of nitrogens with one attached hydrogen (secondary N) is 1. The summed E-state index contributed by atoms with van der Waals surface area (Å²) in [4.78, 5) is 16.4. The van der Waals surface area contributed by atoms with Crippen LogP contribution in [0.3, 0.4) is 0 Å².